The minimum atomic E-state index is -0.228. The summed E-state index contributed by atoms with van der Waals surface area (Å²) < 4.78 is 1.34. The molecule has 0 heterocycles. The molecule has 0 aromatic heterocycles. The summed E-state index contributed by atoms with van der Waals surface area (Å²) in [6.45, 7) is 5.98. The molecule has 1 aromatic rings. The maximum atomic E-state index is 11.4. The van der Waals surface area contributed by atoms with Gasteiger partial charge in [-0.1, -0.05) is 30.5 Å². The number of nitrogens with one attached hydrogen (secondary N) is 1. The topological polar surface area (TPSA) is 32.3 Å². The summed E-state index contributed by atoms with van der Waals surface area (Å²) in [7, 11) is 1.59. The fourth-order valence-electron chi connectivity index (χ4n) is 1.71. The fraction of sp³-hybridized carbons (Fsp3) is 0.364. The van der Waals surface area contributed by atoms with E-state index in [0.717, 1.165) is 16.8 Å². The maximum absolute atomic E-state index is 11.4. The average molecular weight is 224 g/mol. The molecular weight excluding hydrogens is 208 g/mol. The Hall–Kier alpha value is -1.16. The van der Waals surface area contributed by atoms with Crippen molar-refractivity contribution < 1.29 is 4.79 Å². The normalized spacial score (nSPS) is 9.93. The fourth-order valence-corrected chi connectivity index (χ4v) is 2.13. The third-order valence-electron chi connectivity index (χ3n) is 2.25. The minimum absolute atomic E-state index is 0.228. The van der Waals surface area contributed by atoms with Gasteiger partial charge < -0.3 is 5.32 Å². The second kappa shape index (κ2) is 4.57. The van der Waals surface area contributed by atoms with E-state index in [2.05, 4.69) is 18.1 Å². The first-order valence-electron chi connectivity index (χ1n) is 4.76. The van der Waals surface area contributed by atoms with Gasteiger partial charge in [0, 0.05) is 7.05 Å². The van der Waals surface area contributed by atoms with Crippen LogP contribution in [0.25, 0.3) is 0 Å². The van der Waals surface area contributed by atoms with Crippen LogP contribution in [0.2, 0.25) is 0 Å². The van der Waals surface area contributed by atoms with Gasteiger partial charge >= 0.3 is 6.03 Å². The predicted molar refractivity (Wildman–Crippen MR) is 66.6 cm³/mol. The van der Waals surface area contributed by atoms with Crippen LogP contribution in [0.1, 0.15) is 16.7 Å². The van der Waals surface area contributed by atoms with E-state index in [1.807, 2.05) is 32.9 Å². The molecule has 1 N–H and O–H groups in total. The van der Waals surface area contributed by atoms with Gasteiger partial charge in [-0.25, -0.2) is 9.10 Å². The molecule has 0 aliphatic rings. The zero-order valence-electron chi connectivity index (χ0n) is 9.46. The molecule has 0 atom stereocenters. The Morgan fingerprint density at radius 3 is 2.13 bits per heavy atom. The number of nitrogens with zero attached hydrogens (tertiary/aromatic N) is 1. The van der Waals surface area contributed by atoms with Gasteiger partial charge in [0.25, 0.3) is 0 Å². The van der Waals surface area contributed by atoms with Crippen molar-refractivity contribution >= 4 is 24.5 Å². The molecule has 0 saturated carbocycles. The summed E-state index contributed by atoms with van der Waals surface area (Å²) >= 11 is 4.19. The number of aryl methyl sites for hydroxylation is 3. The molecule has 0 unspecified atom stereocenters. The van der Waals surface area contributed by atoms with Gasteiger partial charge in [0.2, 0.25) is 0 Å². The number of urea groups is 1. The zero-order valence-corrected chi connectivity index (χ0v) is 10.4. The minimum Gasteiger partial charge on any atom is -0.340 e. The number of amides is 2. The van der Waals surface area contributed by atoms with Gasteiger partial charge in [-0.15, -0.1) is 0 Å². The molecule has 2 amide bonds. The highest BCUT2D eigenvalue weighted by atomic mass is 32.1. The van der Waals surface area contributed by atoms with Crippen LogP contribution in [0, 0.1) is 20.8 Å². The Kier molecular flexibility index (Phi) is 3.63. The molecule has 0 aliphatic heterocycles. The summed E-state index contributed by atoms with van der Waals surface area (Å²) in [6, 6.07) is 3.84. The molecule has 82 valence electrons. The quantitative estimate of drug-likeness (QED) is 0.706. The lowest BCUT2D eigenvalue weighted by atomic mass is 10.1. The number of rotatable bonds is 1. The monoisotopic (exact) mass is 224 g/mol. The number of hydrogen-bond donors (Lipinski definition) is 2. The predicted octanol–water partition coefficient (Wildman–Crippen LogP) is 2.60. The second-order valence-corrected chi connectivity index (χ2v) is 4.01. The highest BCUT2D eigenvalue weighted by Crippen LogP contribution is 2.27. The van der Waals surface area contributed by atoms with Crippen LogP contribution in [-0.2, 0) is 0 Å². The molecule has 0 bridgehead atoms. The molecule has 1 rings (SSSR count). The lowest BCUT2D eigenvalue weighted by molar-refractivity contribution is 0.252. The van der Waals surface area contributed by atoms with E-state index in [4.69, 9.17) is 0 Å². The third-order valence-corrected chi connectivity index (χ3v) is 2.64. The van der Waals surface area contributed by atoms with Crippen molar-refractivity contribution in [1.82, 2.24) is 5.32 Å². The summed E-state index contributed by atoms with van der Waals surface area (Å²) in [6.07, 6.45) is 0. The summed E-state index contributed by atoms with van der Waals surface area (Å²) in [5.74, 6) is 0. The van der Waals surface area contributed by atoms with E-state index >= 15 is 0 Å². The number of carbonyl (C=O) groups is 1. The van der Waals surface area contributed by atoms with E-state index < -0.39 is 0 Å². The van der Waals surface area contributed by atoms with E-state index in [-0.39, 0.29) is 6.03 Å². The van der Waals surface area contributed by atoms with Crippen molar-refractivity contribution in [2.24, 2.45) is 0 Å². The van der Waals surface area contributed by atoms with Gasteiger partial charge in [0.05, 0.1) is 5.69 Å². The van der Waals surface area contributed by atoms with Gasteiger partial charge in [0.1, 0.15) is 0 Å². The van der Waals surface area contributed by atoms with Crippen LogP contribution in [0.15, 0.2) is 12.1 Å². The number of thiol groups is 1. The first-order chi connectivity index (χ1) is 6.97. The average Bonchev–Trinajstić information content (AvgIpc) is 2.14. The standard InChI is InChI=1S/C11H16N2OS/c1-7-5-8(2)10(9(3)6-7)13(15)11(14)12-4/h5-6,15H,1-4H3,(H,12,14). The Balaban J connectivity index is 3.19. The Labute approximate surface area is 96.0 Å². The Morgan fingerprint density at radius 2 is 1.73 bits per heavy atom. The third kappa shape index (κ3) is 2.45. The van der Waals surface area contributed by atoms with Crippen molar-refractivity contribution in [3.05, 3.63) is 28.8 Å². The van der Waals surface area contributed by atoms with Crippen LogP contribution in [0.3, 0.4) is 0 Å². The number of benzene rings is 1. The Bertz CT molecular complexity index is 367. The molecule has 3 nitrogen and oxygen atoms in total. The van der Waals surface area contributed by atoms with Crippen molar-refractivity contribution in [2.75, 3.05) is 11.4 Å². The van der Waals surface area contributed by atoms with E-state index in [9.17, 15) is 4.79 Å². The van der Waals surface area contributed by atoms with Crippen molar-refractivity contribution in [2.45, 2.75) is 20.8 Å². The molecule has 0 radical (unpaired) electrons. The first kappa shape index (κ1) is 11.9. The first-order valence-corrected chi connectivity index (χ1v) is 5.16. The Morgan fingerprint density at radius 1 is 1.27 bits per heavy atom. The molecule has 0 fully saturated rings. The smallest absolute Gasteiger partial charge is 0.331 e. The van der Waals surface area contributed by atoms with Crippen LogP contribution >= 0.6 is 12.8 Å². The molecule has 0 saturated heterocycles. The largest absolute Gasteiger partial charge is 0.340 e. The van der Waals surface area contributed by atoms with Crippen LogP contribution in [0.4, 0.5) is 10.5 Å². The lowest BCUT2D eigenvalue weighted by Gasteiger charge is -2.20. The van der Waals surface area contributed by atoms with Gasteiger partial charge in [-0.05, 0) is 31.9 Å². The van der Waals surface area contributed by atoms with Gasteiger partial charge in [-0.3, -0.25) is 0 Å². The number of carbonyl (C=O) groups excluding carboxylic acids is 1. The zero-order chi connectivity index (χ0) is 11.6. The van der Waals surface area contributed by atoms with Gasteiger partial charge in [0.15, 0.2) is 0 Å². The van der Waals surface area contributed by atoms with Crippen molar-refractivity contribution in [3.8, 4) is 0 Å². The maximum Gasteiger partial charge on any atom is 0.331 e. The second-order valence-electron chi connectivity index (χ2n) is 3.61. The summed E-state index contributed by atoms with van der Waals surface area (Å²) in [4.78, 5) is 11.4. The molecule has 1 aromatic carbocycles. The van der Waals surface area contributed by atoms with E-state index in [0.29, 0.717) is 0 Å². The van der Waals surface area contributed by atoms with Crippen LogP contribution in [0.5, 0.6) is 0 Å². The summed E-state index contributed by atoms with van der Waals surface area (Å²) in [5.41, 5.74) is 4.13. The number of anilines is 1. The highest BCUT2D eigenvalue weighted by molar-refractivity contribution is 7.82. The van der Waals surface area contributed by atoms with E-state index in [1.165, 1.54) is 9.87 Å². The van der Waals surface area contributed by atoms with E-state index in [1.54, 1.807) is 7.05 Å². The lowest BCUT2D eigenvalue weighted by Crippen LogP contribution is -2.31. The van der Waals surface area contributed by atoms with Crippen molar-refractivity contribution in [1.29, 1.82) is 0 Å². The van der Waals surface area contributed by atoms with Crippen LogP contribution in [-0.4, -0.2) is 13.1 Å². The molecular formula is C11H16N2OS. The summed E-state index contributed by atoms with van der Waals surface area (Å²) in [5, 5.41) is 2.54. The molecule has 15 heavy (non-hydrogen) atoms. The van der Waals surface area contributed by atoms with Crippen molar-refractivity contribution in [3.63, 3.8) is 0 Å². The number of hydrogen-bond acceptors (Lipinski definition) is 2. The molecule has 0 spiro atoms. The highest BCUT2D eigenvalue weighted by Gasteiger charge is 2.14. The molecule has 0 aliphatic carbocycles. The van der Waals surface area contributed by atoms with Crippen LogP contribution < -0.4 is 9.62 Å². The van der Waals surface area contributed by atoms with Gasteiger partial charge in [-0.2, -0.15) is 0 Å². The molecule has 4 heteroatoms. The SMILES string of the molecule is CNC(=O)N(S)c1c(C)cc(C)cc1C.